The molecule has 2 saturated heterocycles. The van der Waals surface area contributed by atoms with Gasteiger partial charge in [0, 0.05) is 25.6 Å². The molecule has 0 saturated carbocycles. The van der Waals surface area contributed by atoms with Gasteiger partial charge in [-0.2, -0.15) is 0 Å². The number of rotatable bonds is 2. The van der Waals surface area contributed by atoms with Gasteiger partial charge < -0.3 is 10.2 Å². The van der Waals surface area contributed by atoms with Crippen LogP contribution in [0.1, 0.15) is 51.9 Å². The maximum Gasteiger partial charge on any atom is 0.224 e. The fraction of sp³-hybridized carbons (Fsp3) is 0.929. The Balaban J connectivity index is 1.82. The van der Waals surface area contributed by atoms with Crippen molar-refractivity contribution < 1.29 is 4.79 Å². The zero-order valence-corrected chi connectivity index (χ0v) is 11.1. The van der Waals surface area contributed by atoms with E-state index >= 15 is 0 Å². The molecule has 1 amide bonds. The van der Waals surface area contributed by atoms with Crippen molar-refractivity contribution in [1.82, 2.24) is 10.2 Å². The third-order valence-corrected chi connectivity index (χ3v) is 4.28. The summed E-state index contributed by atoms with van der Waals surface area (Å²) in [6, 6.07) is 0.416. The van der Waals surface area contributed by atoms with Crippen molar-refractivity contribution in [2.45, 2.75) is 57.9 Å². The average molecular weight is 238 g/mol. The van der Waals surface area contributed by atoms with E-state index in [-0.39, 0.29) is 0 Å². The van der Waals surface area contributed by atoms with E-state index in [2.05, 4.69) is 17.1 Å². The zero-order chi connectivity index (χ0) is 12.1. The molecule has 2 atom stereocenters. The van der Waals surface area contributed by atoms with Crippen LogP contribution in [0.4, 0.5) is 0 Å². The van der Waals surface area contributed by atoms with E-state index < -0.39 is 0 Å². The Bertz CT molecular complexity index is 247. The van der Waals surface area contributed by atoms with E-state index in [1.54, 1.807) is 0 Å². The quantitative estimate of drug-likeness (QED) is 0.799. The number of nitrogens with zero attached hydrogens (tertiary/aromatic N) is 1. The van der Waals surface area contributed by atoms with Crippen molar-refractivity contribution >= 4 is 5.91 Å². The van der Waals surface area contributed by atoms with Crippen molar-refractivity contribution in [3.05, 3.63) is 0 Å². The van der Waals surface area contributed by atoms with Crippen molar-refractivity contribution in [2.24, 2.45) is 5.92 Å². The second-order valence-corrected chi connectivity index (χ2v) is 5.68. The lowest BCUT2D eigenvalue weighted by Gasteiger charge is -2.31. The molecule has 2 unspecified atom stereocenters. The molecule has 1 N–H and O–H groups in total. The summed E-state index contributed by atoms with van der Waals surface area (Å²) in [5, 5.41) is 3.51. The van der Waals surface area contributed by atoms with Gasteiger partial charge in [0.1, 0.15) is 0 Å². The van der Waals surface area contributed by atoms with Crippen molar-refractivity contribution in [1.29, 1.82) is 0 Å². The minimum Gasteiger partial charge on any atom is -0.343 e. The molecule has 2 aliphatic rings. The summed E-state index contributed by atoms with van der Waals surface area (Å²) in [6.45, 7) is 5.33. The third-order valence-electron chi connectivity index (χ3n) is 4.28. The van der Waals surface area contributed by atoms with Crippen LogP contribution in [0, 0.1) is 5.92 Å². The largest absolute Gasteiger partial charge is 0.343 e. The van der Waals surface area contributed by atoms with E-state index in [1.165, 1.54) is 38.5 Å². The average Bonchev–Trinajstić information content (AvgIpc) is 2.61. The standard InChI is InChI=1S/C14H26N2O/c1-12-7-6-8-15-13(12)11-14(17)16-9-4-2-3-5-10-16/h12-13,15H,2-11H2,1H3. The van der Waals surface area contributed by atoms with Crippen molar-refractivity contribution in [3.8, 4) is 0 Å². The second kappa shape index (κ2) is 6.39. The molecule has 0 aromatic carbocycles. The monoisotopic (exact) mass is 238 g/mol. The number of likely N-dealkylation sites (tertiary alicyclic amines) is 1. The molecular weight excluding hydrogens is 212 g/mol. The maximum atomic E-state index is 12.3. The summed E-state index contributed by atoms with van der Waals surface area (Å²) >= 11 is 0. The highest BCUT2D eigenvalue weighted by Gasteiger charge is 2.25. The van der Waals surface area contributed by atoms with E-state index in [9.17, 15) is 4.79 Å². The molecule has 2 aliphatic heterocycles. The highest BCUT2D eigenvalue weighted by molar-refractivity contribution is 5.76. The first kappa shape index (κ1) is 12.9. The van der Waals surface area contributed by atoms with Gasteiger partial charge in [-0.05, 0) is 38.1 Å². The molecule has 3 nitrogen and oxygen atoms in total. The molecule has 0 aromatic heterocycles. The van der Waals surface area contributed by atoms with Crippen LogP contribution in [-0.2, 0) is 4.79 Å². The smallest absolute Gasteiger partial charge is 0.224 e. The Kier molecular flexibility index (Phi) is 4.84. The van der Waals surface area contributed by atoms with Gasteiger partial charge in [0.15, 0.2) is 0 Å². The molecule has 17 heavy (non-hydrogen) atoms. The molecule has 0 bridgehead atoms. The SMILES string of the molecule is CC1CCCNC1CC(=O)N1CCCCCC1. The molecule has 98 valence electrons. The van der Waals surface area contributed by atoms with Crippen molar-refractivity contribution in [2.75, 3.05) is 19.6 Å². The van der Waals surface area contributed by atoms with E-state index in [0.29, 0.717) is 24.3 Å². The third kappa shape index (κ3) is 3.70. The minimum absolute atomic E-state index is 0.373. The predicted molar refractivity (Wildman–Crippen MR) is 69.9 cm³/mol. The van der Waals surface area contributed by atoms with Gasteiger partial charge in [-0.25, -0.2) is 0 Å². The topological polar surface area (TPSA) is 32.3 Å². The number of carbonyl (C=O) groups is 1. The number of piperidine rings is 1. The molecule has 0 radical (unpaired) electrons. The van der Waals surface area contributed by atoms with E-state index in [0.717, 1.165) is 19.6 Å². The number of amides is 1. The first-order valence-electron chi connectivity index (χ1n) is 7.28. The summed E-state index contributed by atoms with van der Waals surface area (Å²) in [5.41, 5.74) is 0. The van der Waals surface area contributed by atoms with Gasteiger partial charge in [-0.15, -0.1) is 0 Å². The fourth-order valence-electron chi connectivity index (χ4n) is 3.02. The maximum absolute atomic E-state index is 12.3. The highest BCUT2D eigenvalue weighted by atomic mass is 16.2. The van der Waals surface area contributed by atoms with Crippen LogP contribution in [0.3, 0.4) is 0 Å². The van der Waals surface area contributed by atoms with Crippen LogP contribution in [0.15, 0.2) is 0 Å². The van der Waals surface area contributed by atoms with Gasteiger partial charge >= 0.3 is 0 Å². The summed E-state index contributed by atoms with van der Waals surface area (Å²) in [5.74, 6) is 1.03. The zero-order valence-electron chi connectivity index (χ0n) is 11.1. The summed E-state index contributed by atoms with van der Waals surface area (Å²) in [6.07, 6.45) is 8.21. The lowest BCUT2D eigenvalue weighted by molar-refractivity contribution is -0.132. The van der Waals surface area contributed by atoms with E-state index in [1.807, 2.05) is 0 Å². The first-order chi connectivity index (χ1) is 8.27. The number of carbonyl (C=O) groups excluding carboxylic acids is 1. The van der Waals surface area contributed by atoms with Crippen molar-refractivity contribution in [3.63, 3.8) is 0 Å². The molecule has 0 aromatic rings. The Morgan fingerprint density at radius 1 is 1.18 bits per heavy atom. The Morgan fingerprint density at radius 2 is 1.88 bits per heavy atom. The van der Waals surface area contributed by atoms with Gasteiger partial charge in [-0.3, -0.25) is 4.79 Å². The van der Waals surface area contributed by atoms with Gasteiger partial charge in [0.25, 0.3) is 0 Å². The molecule has 0 spiro atoms. The number of hydrogen-bond acceptors (Lipinski definition) is 2. The molecular formula is C14H26N2O. The van der Waals surface area contributed by atoms with Crippen LogP contribution in [0.25, 0.3) is 0 Å². The first-order valence-corrected chi connectivity index (χ1v) is 7.28. The van der Waals surface area contributed by atoms with Crippen LogP contribution < -0.4 is 5.32 Å². The Hall–Kier alpha value is -0.570. The Morgan fingerprint density at radius 3 is 2.53 bits per heavy atom. The normalized spacial score (nSPS) is 31.0. The predicted octanol–water partition coefficient (Wildman–Crippen LogP) is 2.17. The Labute approximate surface area is 105 Å². The van der Waals surface area contributed by atoms with Crippen LogP contribution in [-0.4, -0.2) is 36.5 Å². The van der Waals surface area contributed by atoms with Gasteiger partial charge in [-0.1, -0.05) is 19.8 Å². The summed E-state index contributed by atoms with van der Waals surface area (Å²) < 4.78 is 0. The van der Waals surface area contributed by atoms with Crippen LogP contribution in [0.2, 0.25) is 0 Å². The molecule has 3 heteroatoms. The van der Waals surface area contributed by atoms with E-state index in [4.69, 9.17) is 0 Å². The van der Waals surface area contributed by atoms with Gasteiger partial charge in [0.05, 0.1) is 0 Å². The highest BCUT2D eigenvalue weighted by Crippen LogP contribution is 2.19. The summed E-state index contributed by atoms with van der Waals surface area (Å²) in [4.78, 5) is 14.3. The molecule has 2 rings (SSSR count). The number of hydrogen-bond donors (Lipinski definition) is 1. The molecule has 0 aliphatic carbocycles. The minimum atomic E-state index is 0.373. The lowest BCUT2D eigenvalue weighted by Crippen LogP contribution is -2.44. The van der Waals surface area contributed by atoms with Crippen LogP contribution >= 0.6 is 0 Å². The summed E-state index contributed by atoms with van der Waals surface area (Å²) in [7, 11) is 0. The lowest BCUT2D eigenvalue weighted by atomic mass is 9.90. The molecule has 2 fully saturated rings. The number of nitrogens with one attached hydrogen (secondary N) is 1. The van der Waals surface area contributed by atoms with Crippen LogP contribution in [0.5, 0.6) is 0 Å². The molecule has 2 heterocycles. The fourth-order valence-corrected chi connectivity index (χ4v) is 3.02. The van der Waals surface area contributed by atoms with Gasteiger partial charge in [0.2, 0.25) is 5.91 Å². The second-order valence-electron chi connectivity index (χ2n) is 5.68.